The summed E-state index contributed by atoms with van der Waals surface area (Å²) in [5, 5.41) is 1.14. The van der Waals surface area contributed by atoms with Gasteiger partial charge in [-0.05, 0) is 23.8 Å². The predicted octanol–water partition coefficient (Wildman–Crippen LogP) is 4.60. The van der Waals surface area contributed by atoms with E-state index in [0.717, 1.165) is 16.7 Å². The van der Waals surface area contributed by atoms with Crippen molar-refractivity contribution in [1.29, 1.82) is 0 Å². The smallest absolute Gasteiger partial charge is 0.134 e. The average Bonchev–Trinajstić information content (AvgIpc) is 2.80. The first kappa shape index (κ1) is 9.91. The monoisotopic (exact) mass is 220 g/mol. The summed E-state index contributed by atoms with van der Waals surface area (Å²) in [7, 11) is 0. The third kappa shape index (κ3) is 2.13. The Morgan fingerprint density at radius 1 is 0.765 bits per heavy atom. The maximum Gasteiger partial charge on any atom is 0.134 e. The fraction of sp³-hybridized carbons (Fsp3) is 0. The largest absolute Gasteiger partial charge is 0.457 e. The van der Waals surface area contributed by atoms with Crippen LogP contribution in [0.25, 0.3) is 23.1 Å². The maximum absolute atomic E-state index is 5.70. The van der Waals surface area contributed by atoms with Crippen LogP contribution in [0.5, 0.6) is 0 Å². The fourth-order valence-corrected chi connectivity index (χ4v) is 1.83. The van der Waals surface area contributed by atoms with Crippen molar-refractivity contribution >= 4 is 23.1 Å². The Labute approximate surface area is 100 Å². The maximum atomic E-state index is 5.70. The summed E-state index contributed by atoms with van der Waals surface area (Å²) >= 11 is 0. The lowest BCUT2D eigenvalue weighted by Gasteiger charge is -1.89. The number of rotatable bonds is 2. The second-order valence-electron chi connectivity index (χ2n) is 3.93. The Morgan fingerprint density at radius 3 is 2.35 bits per heavy atom. The second kappa shape index (κ2) is 4.30. The van der Waals surface area contributed by atoms with Crippen LogP contribution in [-0.2, 0) is 0 Å². The molecule has 0 atom stereocenters. The first-order valence-electron chi connectivity index (χ1n) is 5.63. The predicted molar refractivity (Wildman–Crippen MR) is 71.6 cm³/mol. The van der Waals surface area contributed by atoms with Gasteiger partial charge in [0.2, 0.25) is 0 Å². The molecule has 0 spiro atoms. The van der Waals surface area contributed by atoms with Crippen LogP contribution >= 0.6 is 0 Å². The molecule has 0 N–H and O–H groups in total. The molecule has 0 unspecified atom stereocenters. The van der Waals surface area contributed by atoms with Gasteiger partial charge in [0.15, 0.2) is 0 Å². The highest BCUT2D eigenvalue weighted by atomic mass is 16.3. The van der Waals surface area contributed by atoms with Crippen molar-refractivity contribution in [2.24, 2.45) is 0 Å². The fourth-order valence-electron chi connectivity index (χ4n) is 1.83. The number of furan rings is 1. The molecule has 0 amide bonds. The van der Waals surface area contributed by atoms with Crippen LogP contribution in [0.15, 0.2) is 65.1 Å². The average molecular weight is 220 g/mol. The minimum atomic E-state index is 0.884. The van der Waals surface area contributed by atoms with E-state index in [2.05, 4.69) is 30.3 Å². The van der Waals surface area contributed by atoms with E-state index in [1.165, 1.54) is 5.56 Å². The molecular weight excluding hydrogens is 208 g/mol. The van der Waals surface area contributed by atoms with Crippen molar-refractivity contribution in [3.05, 3.63) is 72.0 Å². The molecule has 0 aliphatic rings. The summed E-state index contributed by atoms with van der Waals surface area (Å²) in [4.78, 5) is 0. The summed E-state index contributed by atoms with van der Waals surface area (Å²) in [6.45, 7) is 0. The normalized spacial score (nSPS) is 11.3. The minimum absolute atomic E-state index is 0.884. The first-order valence-corrected chi connectivity index (χ1v) is 5.63. The van der Waals surface area contributed by atoms with Gasteiger partial charge in [0.1, 0.15) is 11.3 Å². The molecular formula is C16H12O. The van der Waals surface area contributed by atoms with Crippen molar-refractivity contribution in [3.8, 4) is 0 Å². The van der Waals surface area contributed by atoms with Crippen LogP contribution < -0.4 is 0 Å². The highest BCUT2D eigenvalue weighted by Gasteiger charge is 1.98. The van der Waals surface area contributed by atoms with Crippen molar-refractivity contribution in [2.45, 2.75) is 0 Å². The molecule has 17 heavy (non-hydrogen) atoms. The number of hydrogen-bond donors (Lipinski definition) is 0. The Hall–Kier alpha value is -2.28. The molecule has 1 heterocycles. The van der Waals surface area contributed by atoms with Gasteiger partial charge in [0, 0.05) is 5.39 Å². The van der Waals surface area contributed by atoms with Crippen LogP contribution in [0.1, 0.15) is 11.3 Å². The van der Waals surface area contributed by atoms with Crippen LogP contribution in [-0.4, -0.2) is 0 Å². The third-order valence-corrected chi connectivity index (χ3v) is 2.68. The summed E-state index contributed by atoms with van der Waals surface area (Å²) in [5.74, 6) is 0.884. The second-order valence-corrected chi connectivity index (χ2v) is 3.93. The van der Waals surface area contributed by atoms with Gasteiger partial charge in [0.05, 0.1) is 0 Å². The van der Waals surface area contributed by atoms with Gasteiger partial charge >= 0.3 is 0 Å². The molecule has 82 valence electrons. The van der Waals surface area contributed by atoms with Gasteiger partial charge in [-0.2, -0.15) is 0 Å². The van der Waals surface area contributed by atoms with E-state index in [1.807, 2.05) is 42.5 Å². The van der Waals surface area contributed by atoms with Crippen LogP contribution in [0.3, 0.4) is 0 Å². The van der Waals surface area contributed by atoms with E-state index in [4.69, 9.17) is 4.42 Å². The van der Waals surface area contributed by atoms with Gasteiger partial charge in [0.25, 0.3) is 0 Å². The molecule has 1 heteroatoms. The lowest BCUT2D eigenvalue weighted by molar-refractivity contribution is 0.604. The Kier molecular flexibility index (Phi) is 2.51. The zero-order valence-electron chi connectivity index (χ0n) is 9.34. The topological polar surface area (TPSA) is 13.1 Å². The molecule has 1 nitrogen and oxygen atoms in total. The molecule has 1 aromatic heterocycles. The van der Waals surface area contributed by atoms with Crippen molar-refractivity contribution < 1.29 is 4.42 Å². The third-order valence-electron chi connectivity index (χ3n) is 2.68. The van der Waals surface area contributed by atoms with Gasteiger partial charge in [-0.1, -0.05) is 54.6 Å². The molecule has 0 aliphatic heterocycles. The Bertz CT molecular complexity index is 614. The number of benzene rings is 2. The molecule has 0 bridgehead atoms. The molecule has 0 saturated heterocycles. The van der Waals surface area contributed by atoms with Gasteiger partial charge in [-0.25, -0.2) is 0 Å². The van der Waals surface area contributed by atoms with Crippen LogP contribution in [0.4, 0.5) is 0 Å². The highest BCUT2D eigenvalue weighted by molar-refractivity contribution is 5.81. The summed E-state index contributed by atoms with van der Waals surface area (Å²) < 4.78 is 5.70. The van der Waals surface area contributed by atoms with E-state index in [0.29, 0.717) is 0 Å². The van der Waals surface area contributed by atoms with E-state index in [9.17, 15) is 0 Å². The molecule has 3 rings (SSSR count). The molecule has 0 fully saturated rings. The molecule has 2 aromatic carbocycles. The van der Waals surface area contributed by atoms with Gasteiger partial charge in [-0.15, -0.1) is 0 Å². The summed E-state index contributed by atoms with van der Waals surface area (Å²) in [6.07, 6.45) is 4.05. The van der Waals surface area contributed by atoms with Crippen molar-refractivity contribution in [2.75, 3.05) is 0 Å². The highest BCUT2D eigenvalue weighted by Crippen LogP contribution is 2.20. The number of fused-ring (bicyclic) bond motifs is 1. The molecule has 3 aromatic rings. The lowest BCUT2D eigenvalue weighted by atomic mass is 10.2. The molecule has 0 saturated carbocycles. The lowest BCUT2D eigenvalue weighted by Crippen LogP contribution is -1.67. The SMILES string of the molecule is C(=C/c1cc2ccccc2o1)/c1ccccc1. The van der Waals surface area contributed by atoms with Crippen molar-refractivity contribution in [3.63, 3.8) is 0 Å². The summed E-state index contributed by atoms with van der Waals surface area (Å²) in [5.41, 5.74) is 2.10. The standard InChI is InChI=1S/C16H12O/c1-2-6-13(7-3-1)10-11-15-12-14-8-4-5-9-16(14)17-15/h1-12H/b11-10-. The van der Waals surface area contributed by atoms with E-state index in [-0.39, 0.29) is 0 Å². The Morgan fingerprint density at radius 2 is 1.53 bits per heavy atom. The summed E-state index contributed by atoms with van der Waals surface area (Å²) in [6, 6.07) is 20.3. The van der Waals surface area contributed by atoms with E-state index >= 15 is 0 Å². The van der Waals surface area contributed by atoms with E-state index in [1.54, 1.807) is 0 Å². The van der Waals surface area contributed by atoms with E-state index < -0.39 is 0 Å². The zero-order valence-corrected chi connectivity index (χ0v) is 9.34. The molecule has 0 aliphatic carbocycles. The minimum Gasteiger partial charge on any atom is -0.457 e. The molecule has 0 radical (unpaired) electrons. The Balaban J connectivity index is 1.92. The quantitative estimate of drug-likeness (QED) is 0.615. The van der Waals surface area contributed by atoms with Gasteiger partial charge in [-0.3, -0.25) is 0 Å². The zero-order chi connectivity index (χ0) is 11.5. The van der Waals surface area contributed by atoms with Crippen LogP contribution in [0.2, 0.25) is 0 Å². The number of hydrogen-bond acceptors (Lipinski definition) is 1. The van der Waals surface area contributed by atoms with Crippen molar-refractivity contribution in [1.82, 2.24) is 0 Å². The number of para-hydroxylation sites is 1. The van der Waals surface area contributed by atoms with Gasteiger partial charge < -0.3 is 4.42 Å². The first-order chi connectivity index (χ1) is 8.42. The van der Waals surface area contributed by atoms with Crippen LogP contribution in [0, 0.1) is 0 Å².